The minimum Gasteiger partial charge on any atom is -0.493 e. The second-order valence-electron chi connectivity index (χ2n) is 8.25. The van der Waals surface area contributed by atoms with Crippen LogP contribution in [0.3, 0.4) is 0 Å². The predicted octanol–water partition coefficient (Wildman–Crippen LogP) is 3.94. The number of amides is 1. The van der Waals surface area contributed by atoms with Gasteiger partial charge >= 0.3 is 0 Å². The quantitative estimate of drug-likeness (QED) is 0.808. The van der Waals surface area contributed by atoms with Gasteiger partial charge in [0.1, 0.15) is 5.75 Å². The summed E-state index contributed by atoms with van der Waals surface area (Å²) in [5.41, 5.74) is 3.38. The van der Waals surface area contributed by atoms with Gasteiger partial charge in [-0.2, -0.15) is 0 Å². The fourth-order valence-electron chi connectivity index (χ4n) is 4.36. The number of carbonyl (C=O) groups excluding carboxylic acids is 1. The molecule has 0 saturated carbocycles. The van der Waals surface area contributed by atoms with Gasteiger partial charge in [-0.3, -0.25) is 9.69 Å². The van der Waals surface area contributed by atoms with Crippen LogP contribution in [0.25, 0.3) is 0 Å². The number of likely N-dealkylation sites (tertiary alicyclic amines) is 1. The van der Waals surface area contributed by atoms with Gasteiger partial charge in [-0.1, -0.05) is 43.3 Å². The van der Waals surface area contributed by atoms with Crippen molar-refractivity contribution in [2.45, 2.75) is 51.2 Å². The second-order valence-corrected chi connectivity index (χ2v) is 8.25. The fourth-order valence-corrected chi connectivity index (χ4v) is 4.36. The lowest BCUT2D eigenvalue weighted by Crippen LogP contribution is -2.52. The third-order valence-corrected chi connectivity index (χ3v) is 6.03. The molecule has 0 atom stereocenters. The lowest BCUT2D eigenvalue weighted by molar-refractivity contribution is -0.122. The molecule has 2 aliphatic rings. The maximum Gasteiger partial charge on any atom is 0.222 e. The molecule has 5 nitrogen and oxygen atoms in total. The van der Waals surface area contributed by atoms with Crippen LogP contribution in [0.4, 0.5) is 5.69 Å². The molecule has 154 valence electrons. The highest BCUT2D eigenvalue weighted by Crippen LogP contribution is 2.34. The van der Waals surface area contributed by atoms with Crippen molar-refractivity contribution in [3.63, 3.8) is 0 Å². The summed E-state index contributed by atoms with van der Waals surface area (Å²) in [6.45, 7) is 6.29. The zero-order valence-corrected chi connectivity index (χ0v) is 17.2. The van der Waals surface area contributed by atoms with Crippen molar-refractivity contribution in [1.29, 1.82) is 0 Å². The first-order valence-corrected chi connectivity index (χ1v) is 10.7. The average Bonchev–Trinajstić information content (AvgIpc) is 2.73. The van der Waals surface area contributed by atoms with Crippen LogP contribution in [-0.2, 0) is 17.9 Å². The summed E-state index contributed by atoms with van der Waals surface area (Å²) in [5, 5.41) is 6.84. The van der Waals surface area contributed by atoms with Crippen LogP contribution in [0.15, 0.2) is 48.5 Å². The Hall–Kier alpha value is -2.53. The third kappa shape index (κ3) is 4.73. The molecule has 2 N–H and O–H groups in total. The van der Waals surface area contributed by atoms with Gasteiger partial charge < -0.3 is 15.4 Å². The number of nitrogens with one attached hydrogen (secondary N) is 2. The monoisotopic (exact) mass is 393 g/mol. The highest BCUT2D eigenvalue weighted by molar-refractivity contribution is 5.79. The highest BCUT2D eigenvalue weighted by atomic mass is 16.5. The van der Waals surface area contributed by atoms with Gasteiger partial charge in [0.05, 0.1) is 6.61 Å². The van der Waals surface area contributed by atoms with Crippen molar-refractivity contribution in [1.82, 2.24) is 10.2 Å². The molecule has 0 aliphatic carbocycles. The van der Waals surface area contributed by atoms with Gasteiger partial charge in [0.15, 0.2) is 0 Å². The van der Waals surface area contributed by atoms with Crippen LogP contribution >= 0.6 is 0 Å². The molecule has 1 amide bonds. The lowest BCUT2D eigenvalue weighted by Gasteiger charge is -2.44. The van der Waals surface area contributed by atoms with E-state index in [1.807, 2.05) is 12.1 Å². The molecule has 0 radical (unpaired) electrons. The zero-order chi connectivity index (χ0) is 20.1. The number of hydrogen-bond acceptors (Lipinski definition) is 4. The number of carbonyl (C=O) groups is 1. The van der Waals surface area contributed by atoms with Crippen molar-refractivity contribution in [2.24, 2.45) is 0 Å². The Labute approximate surface area is 173 Å². The second kappa shape index (κ2) is 8.87. The molecule has 5 heteroatoms. The van der Waals surface area contributed by atoms with Gasteiger partial charge in [-0.15, -0.1) is 0 Å². The van der Waals surface area contributed by atoms with Crippen LogP contribution in [-0.4, -0.2) is 36.0 Å². The molecule has 2 aromatic carbocycles. The Bertz CT molecular complexity index is 844. The van der Waals surface area contributed by atoms with Crippen LogP contribution in [0.1, 0.15) is 43.7 Å². The summed E-state index contributed by atoms with van der Waals surface area (Å²) in [4.78, 5) is 14.9. The van der Waals surface area contributed by atoms with Crippen LogP contribution < -0.4 is 15.4 Å². The molecule has 0 aromatic heterocycles. The first-order chi connectivity index (χ1) is 14.2. The number of piperidine rings is 1. The van der Waals surface area contributed by atoms with E-state index in [9.17, 15) is 4.79 Å². The van der Waals surface area contributed by atoms with Crippen molar-refractivity contribution in [2.75, 3.05) is 25.0 Å². The Kier molecular flexibility index (Phi) is 6.05. The number of para-hydroxylation sites is 2. The summed E-state index contributed by atoms with van der Waals surface area (Å²) in [7, 11) is 0. The Balaban J connectivity index is 1.44. The minimum absolute atomic E-state index is 0.138. The standard InChI is InChI=1S/C24H31N3O2/c1-2-15-29-22-10-6-4-8-20(22)18-27-13-11-24(12-14-27)16-23(28)25-17-19-7-3-5-9-21(19)26-24/h3-10,26H,2,11-18H2,1H3,(H,25,28). The Morgan fingerprint density at radius 1 is 1.07 bits per heavy atom. The third-order valence-electron chi connectivity index (χ3n) is 6.03. The normalized spacial score (nSPS) is 18.9. The van der Waals surface area contributed by atoms with Gasteiger partial charge in [0, 0.05) is 49.4 Å². The summed E-state index contributed by atoms with van der Waals surface area (Å²) in [6.07, 6.45) is 3.45. The molecule has 4 rings (SSSR count). The van der Waals surface area contributed by atoms with E-state index in [-0.39, 0.29) is 11.4 Å². The van der Waals surface area contributed by atoms with E-state index in [4.69, 9.17) is 4.74 Å². The number of rotatable bonds is 5. The molecular weight excluding hydrogens is 362 g/mol. The van der Waals surface area contributed by atoms with Gasteiger partial charge in [0.25, 0.3) is 0 Å². The van der Waals surface area contributed by atoms with Crippen molar-refractivity contribution in [3.05, 3.63) is 59.7 Å². The smallest absolute Gasteiger partial charge is 0.222 e. The lowest BCUT2D eigenvalue weighted by atomic mass is 9.82. The number of fused-ring (bicyclic) bond motifs is 1. The topological polar surface area (TPSA) is 53.6 Å². The number of nitrogens with zero attached hydrogens (tertiary/aromatic N) is 1. The maximum atomic E-state index is 12.5. The van der Waals surface area contributed by atoms with E-state index < -0.39 is 0 Å². The van der Waals surface area contributed by atoms with E-state index in [1.54, 1.807) is 0 Å². The zero-order valence-electron chi connectivity index (χ0n) is 17.2. The van der Waals surface area contributed by atoms with Crippen LogP contribution in [0.5, 0.6) is 5.75 Å². The Morgan fingerprint density at radius 3 is 2.66 bits per heavy atom. The predicted molar refractivity (Wildman–Crippen MR) is 116 cm³/mol. The van der Waals surface area contributed by atoms with Crippen molar-refractivity contribution < 1.29 is 9.53 Å². The molecule has 2 aromatic rings. The van der Waals surface area contributed by atoms with E-state index in [0.29, 0.717) is 13.0 Å². The largest absolute Gasteiger partial charge is 0.493 e. The molecule has 2 aliphatic heterocycles. The molecular formula is C24H31N3O2. The van der Waals surface area contributed by atoms with Crippen LogP contribution in [0.2, 0.25) is 0 Å². The van der Waals surface area contributed by atoms with Gasteiger partial charge in [-0.05, 0) is 37.0 Å². The van der Waals surface area contributed by atoms with Crippen LogP contribution in [0, 0.1) is 0 Å². The van der Waals surface area contributed by atoms with Crippen molar-refractivity contribution in [3.8, 4) is 5.75 Å². The number of anilines is 1. The van der Waals surface area contributed by atoms with E-state index >= 15 is 0 Å². The van der Waals surface area contributed by atoms with E-state index in [0.717, 1.165) is 62.5 Å². The molecule has 0 unspecified atom stereocenters. The van der Waals surface area contributed by atoms with E-state index in [2.05, 4.69) is 58.9 Å². The first kappa shape index (κ1) is 19.8. The number of benzene rings is 2. The molecule has 1 spiro atoms. The molecule has 0 bridgehead atoms. The summed E-state index contributed by atoms with van der Waals surface area (Å²) in [6, 6.07) is 16.6. The summed E-state index contributed by atoms with van der Waals surface area (Å²) in [5.74, 6) is 1.13. The average molecular weight is 394 g/mol. The minimum atomic E-state index is -0.171. The van der Waals surface area contributed by atoms with Gasteiger partial charge in [-0.25, -0.2) is 0 Å². The SMILES string of the molecule is CCCOc1ccccc1CN1CCC2(CC1)CC(=O)NCc1ccccc1N2. The van der Waals surface area contributed by atoms with Crippen molar-refractivity contribution >= 4 is 11.6 Å². The highest BCUT2D eigenvalue weighted by Gasteiger charge is 2.38. The maximum absolute atomic E-state index is 12.5. The number of hydrogen-bond donors (Lipinski definition) is 2. The molecule has 2 heterocycles. The molecule has 1 fully saturated rings. The van der Waals surface area contributed by atoms with Gasteiger partial charge in [0.2, 0.25) is 5.91 Å². The molecule has 29 heavy (non-hydrogen) atoms. The Morgan fingerprint density at radius 2 is 1.83 bits per heavy atom. The summed E-state index contributed by atoms with van der Waals surface area (Å²) < 4.78 is 5.93. The number of ether oxygens (including phenoxy) is 1. The van der Waals surface area contributed by atoms with E-state index in [1.165, 1.54) is 5.56 Å². The molecule has 1 saturated heterocycles. The summed E-state index contributed by atoms with van der Waals surface area (Å²) >= 11 is 0. The fraction of sp³-hybridized carbons (Fsp3) is 0.458. The first-order valence-electron chi connectivity index (χ1n) is 10.7.